The predicted molar refractivity (Wildman–Crippen MR) is 70.4 cm³/mol. The molecule has 1 aliphatic rings. The van der Waals surface area contributed by atoms with Crippen molar-refractivity contribution >= 4 is 27.8 Å². The summed E-state index contributed by atoms with van der Waals surface area (Å²) in [5, 5.41) is 9.13. The van der Waals surface area contributed by atoms with Crippen molar-refractivity contribution in [3.8, 4) is 0 Å². The van der Waals surface area contributed by atoms with Crippen LogP contribution in [0.5, 0.6) is 0 Å². The Labute approximate surface area is 118 Å². The zero-order valence-corrected chi connectivity index (χ0v) is 11.7. The van der Waals surface area contributed by atoms with Crippen molar-refractivity contribution in [2.45, 2.75) is 25.3 Å². The topological polar surface area (TPSA) is 57.6 Å². The molecule has 1 amide bonds. The summed E-state index contributed by atoms with van der Waals surface area (Å²) >= 11 is 3.02. The third kappa shape index (κ3) is 2.94. The van der Waals surface area contributed by atoms with Crippen molar-refractivity contribution in [2.75, 3.05) is 6.54 Å². The molecule has 0 aromatic heterocycles. The second kappa shape index (κ2) is 5.69. The van der Waals surface area contributed by atoms with Crippen LogP contribution < -0.4 is 0 Å². The Balaban J connectivity index is 2.26. The smallest absolute Gasteiger partial charge is 0.326 e. The summed E-state index contributed by atoms with van der Waals surface area (Å²) in [7, 11) is 0. The number of carboxylic acid groups (broad SMARTS) is 1. The van der Waals surface area contributed by atoms with Crippen LogP contribution in [-0.4, -0.2) is 34.5 Å². The number of nitrogens with zero attached hydrogens (tertiary/aromatic N) is 1. The van der Waals surface area contributed by atoms with Crippen LogP contribution in [-0.2, 0) is 4.79 Å². The molecule has 0 saturated carbocycles. The first-order valence-corrected chi connectivity index (χ1v) is 6.79. The number of hydrogen-bond acceptors (Lipinski definition) is 2. The van der Waals surface area contributed by atoms with Crippen LogP contribution in [0, 0.1) is 5.82 Å². The second-order valence-corrected chi connectivity index (χ2v) is 5.33. The van der Waals surface area contributed by atoms with E-state index in [0.29, 0.717) is 13.0 Å². The summed E-state index contributed by atoms with van der Waals surface area (Å²) in [6.45, 7) is 0.396. The van der Waals surface area contributed by atoms with Crippen molar-refractivity contribution in [3.63, 3.8) is 0 Å². The third-order valence-electron chi connectivity index (χ3n) is 3.22. The van der Waals surface area contributed by atoms with Crippen molar-refractivity contribution in [1.82, 2.24) is 4.90 Å². The lowest BCUT2D eigenvalue weighted by Gasteiger charge is -2.33. The van der Waals surface area contributed by atoms with E-state index in [1.54, 1.807) is 0 Å². The average molecular weight is 330 g/mol. The molecule has 0 unspecified atom stereocenters. The van der Waals surface area contributed by atoms with Crippen molar-refractivity contribution in [3.05, 3.63) is 34.1 Å². The van der Waals surface area contributed by atoms with E-state index in [0.717, 1.165) is 18.9 Å². The average Bonchev–Trinajstić information content (AvgIpc) is 2.41. The fourth-order valence-corrected chi connectivity index (χ4v) is 2.47. The van der Waals surface area contributed by atoms with Gasteiger partial charge in [-0.2, -0.15) is 0 Å². The molecule has 1 heterocycles. The molecule has 1 aromatic carbocycles. The number of carbonyl (C=O) groups is 2. The minimum absolute atomic E-state index is 0.175. The zero-order chi connectivity index (χ0) is 14.0. The second-order valence-electron chi connectivity index (χ2n) is 4.48. The minimum Gasteiger partial charge on any atom is -0.480 e. The number of likely N-dealkylation sites (tertiary alicyclic amines) is 1. The van der Waals surface area contributed by atoms with Gasteiger partial charge in [0.15, 0.2) is 0 Å². The predicted octanol–water partition coefficient (Wildman–Crippen LogP) is 2.67. The first-order chi connectivity index (χ1) is 9.00. The molecule has 1 aliphatic heterocycles. The lowest BCUT2D eigenvalue weighted by atomic mass is 10.0. The molecule has 102 valence electrons. The molecule has 1 aromatic rings. The number of carbonyl (C=O) groups excluding carboxylic acids is 1. The maximum absolute atomic E-state index is 13.4. The van der Waals surface area contributed by atoms with Crippen LogP contribution in [0.15, 0.2) is 22.7 Å². The van der Waals surface area contributed by atoms with Crippen LogP contribution in [0.2, 0.25) is 0 Å². The van der Waals surface area contributed by atoms with Gasteiger partial charge in [-0.3, -0.25) is 4.79 Å². The largest absolute Gasteiger partial charge is 0.480 e. The van der Waals surface area contributed by atoms with Crippen molar-refractivity contribution < 1.29 is 19.1 Å². The summed E-state index contributed by atoms with van der Waals surface area (Å²) in [4.78, 5) is 24.7. The highest BCUT2D eigenvalue weighted by Crippen LogP contribution is 2.22. The number of amides is 1. The highest BCUT2D eigenvalue weighted by molar-refractivity contribution is 9.10. The number of benzene rings is 1. The van der Waals surface area contributed by atoms with E-state index in [1.165, 1.54) is 17.0 Å². The molecule has 1 fully saturated rings. The Hall–Kier alpha value is -1.43. The number of hydrogen-bond donors (Lipinski definition) is 1. The van der Waals surface area contributed by atoms with Gasteiger partial charge >= 0.3 is 5.97 Å². The van der Waals surface area contributed by atoms with Gasteiger partial charge in [-0.05, 0) is 53.4 Å². The fraction of sp³-hybridized carbons (Fsp3) is 0.385. The molecule has 6 heteroatoms. The van der Waals surface area contributed by atoms with E-state index >= 15 is 0 Å². The van der Waals surface area contributed by atoms with Crippen LogP contribution in [0.4, 0.5) is 4.39 Å². The lowest BCUT2D eigenvalue weighted by molar-refractivity contribution is -0.143. The van der Waals surface area contributed by atoms with Gasteiger partial charge in [-0.15, -0.1) is 0 Å². The van der Waals surface area contributed by atoms with E-state index in [-0.39, 0.29) is 10.0 Å². The van der Waals surface area contributed by atoms with Crippen LogP contribution in [0.3, 0.4) is 0 Å². The van der Waals surface area contributed by atoms with Gasteiger partial charge < -0.3 is 10.0 Å². The fourth-order valence-electron chi connectivity index (χ4n) is 2.23. The Bertz CT molecular complexity index is 521. The first kappa shape index (κ1) is 14.0. The number of piperidine rings is 1. The van der Waals surface area contributed by atoms with Crippen molar-refractivity contribution in [2.24, 2.45) is 0 Å². The normalized spacial score (nSPS) is 19.3. The summed E-state index contributed by atoms with van der Waals surface area (Å²) < 4.78 is 13.7. The molecule has 0 aliphatic carbocycles. The maximum Gasteiger partial charge on any atom is 0.326 e. The summed E-state index contributed by atoms with van der Waals surface area (Å²) in [6, 6.07) is 3.25. The number of aliphatic carboxylic acids is 1. The van der Waals surface area contributed by atoms with Gasteiger partial charge in [0.1, 0.15) is 11.9 Å². The molecule has 1 atom stereocenters. The van der Waals surface area contributed by atoms with Gasteiger partial charge in [-0.25, -0.2) is 9.18 Å². The summed E-state index contributed by atoms with van der Waals surface area (Å²) in [5.74, 6) is -1.97. The highest BCUT2D eigenvalue weighted by Gasteiger charge is 2.32. The molecule has 2 rings (SSSR count). The van der Waals surface area contributed by atoms with Gasteiger partial charge in [-0.1, -0.05) is 0 Å². The molecule has 0 spiro atoms. The first-order valence-electron chi connectivity index (χ1n) is 5.99. The number of halogens is 2. The molecular formula is C13H13BrFNO3. The standard InChI is InChI=1S/C13H13BrFNO3/c14-9-5-4-8(7-10(9)15)12(17)16-6-2-1-3-11(16)13(18)19/h4-5,7,11H,1-3,6H2,(H,18,19)/t11-/m0/s1. The minimum atomic E-state index is -1.01. The zero-order valence-electron chi connectivity index (χ0n) is 10.1. The molecule has 1 saturated heterocycles. The highest BCUT2D eigenvalue weighted by atomic mass is 79.9. The Morgan fingerprint density at radius 3 is 2.74 bits per heavy atom. The molecule has 19 heavy (non-hydrogen) atoms. The molecule has 4 nitrogen and oxygen atoms in total. The van der Waals surface area contributed by atoms with Gasteiger partial charge in [0, 0.05) is 12.1 Å². The lowest BCUT2D eigenvalue weighted by Crippen LogP contribution is -2.48. The van der Waals surface area contributed by atoms with Gasteiger partial charge in [0.25, 0.3) is 5.91 Å². The number of rotatable bonds is 2. The van der Waals surface area contributed by atoms with E-state index in [1.807, 2.05) is 0 Å². The van der Waals surface area contributed by atoms with Crippen LogP contribution in [0.25, 0.3) is 0 Å². The van der Waals surface area contributed by atoms with E-state index in [2.05, 4.69) is 15.9 Å². The summed E-state index contributed by atoms with van der Waals surface area (Å²) in [6.07, 6.45) is 2.00. The van der Waals surface area contributed by atoms with Crippen LogP contribution >= 0.6 is 15.9 Å². The number of carboxylic acids is 1. The van der Waals surface area contributed by atoms with Crippen LogP contribution in [0.1, 0.15) is 29.6 Å². The quantitative estimate of drug-likeness (QED) is 0.907. The Kier molecular flexibility index (Phi) is 4.19. The summed E-state index contributed by atoms with van der Waals surface area (Å²) in [5.41, 5.74) is 0.175. The van der Waals surface area contributed by atoms with E-state index in [4.69, 9.17) is 5.11 Å². The molecule has 1 N–H and O–H groups in total. The Morgan fingerprint density at radius 2 is 2.11 bits per heavy atom. The molecular weight excluding hydrogens is 317 g/mol. The Morgan fingerprint density at radius 1 is 1.37 bits per heavy atom. The van der Waals surface area contributed by atoms with Gasteiger partial charge in [0.05, 0.1) is 4.47 Å². The van der Waals surface area contributed by atoms with E-state index in [9.17, 15) is 14.0 Å². The van der Waals surface area contributed by atoms with Crippen molar-refractivity contribution in [1.29, 1.82) is 0 Å². The third-order valence-corrected chi connectivity index (χ3v) is 3.86. The monoisotopic (exact) mass is 329 g/mol. The van der Waals surface area contributed by atoms with Gasteiger partial charge in [0.2, 0.25) is 0 Å². The SMILES string of the molecule is O=C(O)[C@@H]1CCCCN1C(=O)c1ccc(Br)c(F)c1. The molecule has 0 bridgehead atoms. The molecule has 0 radical (unpaired) electrons. The maximum atomic E-state index is 13.4. The van der Waals surface area contributed by atoms with E-state index < -0.39 is 23.7 Å².